The molecule has 1 aromatic heterocycles. The van der Waals surface area contributed by atoms with Crippen molar-refractivity contribution in [2.24, 2.45) is 5.92 Å². The first-order chi connectivity index (χ1) is 7.77. The molecule has 2 rings (SSSR count). The lowest BCUT2D eigenvalue weighted by atomic mass is 10.00. The van der Waals surface area contributed by atoms with Gasteiger partial charge in [0.2, 0.25) is 0 Å². The van der Waals surface area contributed by atoms with Gasteiger partial charge in [0.05, 0.1) is 4.88 Å². The Morgan fingerprint density at radius 1 is 1.65 bits per heavy atom. The summed E-state index contributed by atoms with van der Waals surface area (Å²) < 4.78 is 0. The molecule has 0 spiro atoms. The van der Waals surface area contributed by atoms with Gasteiger partial charge in [-0.2, -0.15) is 0 Å². The van der Waals surface area contributed by atoms with Gasteiger partial charge in [-0.25, -0.2) is 0 Å². The lowest BCUT2D eigenvalue weighted by Gasteiger charge is -2.22. The molecule has 0 saturated carbocycles. The van der Waals surface area contributed by atoms with Gasteiger partial charge in [-0.1, -0.05) is 0 Å². The standard InChI is InChI=1S/C12H18N2OS.ClH/c1-9-4-6-16-11(9)12(15)14-8-10-3-2-5-13-7-10;/h4,6,10,13H,2-3,5,7-8H2,1H3,(H,14,15);1H. The van der Waals surface area contributed by atoms with Crippen molar-refractivity contribution in [3.63, 3.8) is 0 Å². The predicted molar refractivity (Wildman–Crippen MR) is 74.2 cm³/mol. The molecule has 1 saturated heterocycles. The van der Waals surface area contributed by atoms with Crippen LogP contribution >= 0.6 is 23.7 Å². The van der Waals surface area contributed by atoms with Crippen molar-refractivity contribution < 1.29 is 4.79 Å². The van der Waals surface area contributed by atoms with E-state index in [-0.39, 0.29) is 18.3 Å². The van der Waals surface area contributed by atoms with Gasteiger partial charge in [0.15, 0.2) is 0 Å². The highest BCUT2D eigenvalue weighted by Gasteiger charge is 2.15. The minimum absolute atomic E-state index is 0. The molecule has 2 N–H and O–H groups in total. The summed E-state index contributed by atoms with van der Waals surface area (Å²) in [5, 5.41) is 8.35. The van der Waals surface area contributed by atoms with Crippen LogP contribution in [0.3, 0.4) is 0 Å². The van der Waals surface area contributed by atoms with Gasteiger partial charge in [-0.3, -0.25) is 4.79 Å². The summed E-state index contributed by atoms with van der Waals surface area (Å²) in [4.78, 5) is 12.7. The number of nitrogens with one attached hydrogen (secondary N) is 2. The highest BCUT2D eigenvalue weighted by molar-refractivity contribution is 7.12. The second kappa shape index (κ2) is 6.99. The fourth-order valence-corrected chi connectivity index (χ4v) is 2.86. The average molecular weight is 275 g/mol. The number of amides is 1. The maximum absolute atomic E-state index is 11.8. The maximum atomic E-state index is 11.8. The summed E-state index contributed by atoms with van der Waals surface area (Å²) in [7, 11) is 0. The molecule has 2 heterocycles. The molecule has 0 aliphatic carbocycles. The molecule has 1 aliphatic heterocycles. The Hall–Kier alpha value is -0.580. The van der Waals surface area contributed by atoms with Crippen LogP contribution in [0.4, 0.5) is 0 Å². The van der Waals surface area contributed by atoms with Crippen LogP contribution < -0.4 is 10.6 Å². The zero-order chi connectivity index (χ0) is 11.4. The van der Waals surface area contributed by atoms with Crippen LogP contribution in [0.15, 0.2) is 11.4 Å². The van der Waals surface area contributed by atoms with E-state index in [9.17, 15) is 4.79 Å². The number of carbonyl (C=O) groups is 1. The fourth-order valence-electron chi connectivity index (χ4n) is 2.02. The minimum atomic E-state index is 0. The number of hydrogen-bond acceptors (Lipinski definition) is 3. The molecule has 5 heteroatoms. The number of piperidine rings is 1. The molecular weight excluding hydrogens is 256 g/mol. The van der Waals surface area contributed by atoms with E-state index in [4.69, 9.17) is 0 Å². The fraction of sp³-hybridized carbons (Fsp3) is 0.583. The summed E-state index contributed by atoms with van der Waals surface area (Å²) in [6.45, 7) is 4.93. The van der Waals surface area contributed by atoms with Crippen LogP contribution in [-0.2, 0) is 0 Å². The lowest BCUT2D eigenvalue weighted by Crippen LogP contribution is -2.38. The molecule has 3 nitrogen and oxygen atoms in total. The Balaban J connectivity index is 0.00000144. The number of aryl methyl sites for hydroxylation is 1. The van der Waals surface area contributed by atoms with E-state index < -0.39 is 0 Å². The largest absolute Gasteiger partial charge is 0.351 e. The number of rotatable bonds is 3. The van der Waals surface area contributed by atoms with Crippen molar-refractivity contribution in [1.29, 1.82) is 0 Å². The Bertz CT molecular complexity index is 361. The first kappa shape index (κ1) is 14.5. The van der Waals surface area contributed by atoms with Crippen molar-refractivity contribution in [2.45, 2.75) is 19.8 Å². The topological polar surface area (TPSA) is 41.1 Å². The minimum Gasteiger partial charge on any atom is -0.351 e. The third kappa shape index (κ3) is 3.98. The van der Waals surface area contributed by atoms with E-state index in [1.165, 1.54) is 24.2 Å². The van der Waals surface area contributed by atoms with Crippen molar-refractivity contribution in [2.75, 3.05) is 19.6 Å². The van der Waals surface area contributed by atoms with E-state index >= 15 is 0 Å². The van der Waals surface area contributed by atoms with Gasteiger partial charge < -0.3 is 10.6 Å². The van der Waals surface area contributed by atoms with E-state index in [1.807, 2.05) is 18.4 Å². The summed E-state index contributed by atoms with van der Waals surface area (Å²) in [6, 6.07) is 1.99. The summed E-state index contributed by atoms with van der Waals surface area (Å²) >= 11 is 1.52. The van der Waals surface area contributed by atoms with Gasteiger partial charge in [0, 0.05) is 6.54 Å². The Morgan fingerprint density at radius 2 is 2.47 bits per heavy atom. The molecule has 1 fully saturated rings. The quantitative estimate of drug-likeness (QED) is 0.887. The molecule has 1 aliphatic rings. The maximum Gasteiger partial charge on any atom is 0.261 e. The number of thiophene rings is 1. The zero-order valence-electron chi connectivity index (χ0n) is 9.99. The third-order valence-corrected chi connectivity index (χ3v) is 4.03. The van der Waals surface area contributed by atoms with Crippen LogP contribution in [0.25, 0.3) is 0 Å². The molecule has 0 aromatic carbocycles. The predicted octanol–water partition coefficient (Wildman–Crippen LogP) is 2.21. The molecule has 1 atom stereocenters. The van der Waals surface area contributed by atoms with E-state index in [0.717, 1.165) is 30.1 Å². The van der Waals surface area contributed by atoms with Gasteiger partial charge in [0.25, 0.3) is 5.91 Å². The van der Waals surface area contributed by atoms with Crippen molar-refractivity contribution in [3.8, 4) is 0 Å². The van der Waals surface area contributed by atoms with Crippen LogP contribution in [0.1, 0.15) is 28.1 Å². The van der Waals surface area contributed by atoms with Gasteiger partial charge >= 0.3 is 0 Å². The third-order valence-electron chi connectivity index (χ3n) is 3.02. The van der Waals surface area contributed by atoms with Gasteiger partial charge in [-0.15, -0.1) is 23.7 Å². The van der Waals surface area contributed by atoms with Gasteiger partial charge in [0.1, 0.15) is 0 Å². The first-order valence-corrected chi connectivity index (χ1v) is 6.68. The zero-order valence-corrected chi connectivity index (χ0v) is 11.6. The molecule has 96 valence electrons. The van der Waals surface area contributed by atoms with E-state index in [2.05, 4.69) is 10.6 Å². The second-order valence-electron chi connectivity index (χ2n) is 4.36. The van der Waals surface area contributed by atoms with Crippen LogP contribution in [-0.4, -0.2) is 25.5 Å². The summed E-state index contributed by atoms with van der Waals surface area (Å²) in [6.07, 6.45) is 2.44. The second-order valence-corrected chi connectivity index (χ2v) is 5.27. The molecular formula is C12H19ClN2OS. The number of hydrogen-bond donors (Lipinski definition) is 2. The highest BCUT2D eigenvalue weighted by Crippen LogP contribution is 2.15. The Morgan fingerprint density at radius 3 is 3.06 bits per heavy atom. The highest BCUT2D eigenvalue weighted by atomic mass is 35.5. The van der Waals surface area contributed by atoms with Crippen molar-refractivity contribution >= 4 is 29.7 Å². The SMILES string of the molecule is Cc1ccsc1C(=O)NCC1CCCNC1.Cl. The smallest absolute Gasteiger partial charge is 0.261 e. The van der Waals surface area contributed by atoms with Crippen LogP contribution in [0.2, 0.25) is 0 Å². The molecule has 17 heavy (non-hydrogen) atoms. The molecule has 0 radical (unpaired) electrons. The van der Waals surface area contributed by atoms with Gasteiger partial charge in [-0.05, 0) is 55.8 Å². The molecule has 1 amide bonds. The Kier molecular flexibility index (Phi) is 5.95. The average Bonchev–Trinajstić information content (AvgIpc) is 2.74. The number of carbonyl (C=O) groups excluding carboxylic acids is 1. The first-order valence-electron chi connectivity index (χ1n) is 5.80. The van der Waals surface area contributed by atoms with Crippen molar-refractivity contribution in [3.05, 3.63) is 21.9 Å². The Labute approximate surface area is 112 Å². The summed E-state index contributed by atoms with van der Waals surface area (Å²) in [5.41, 5.74) is 1.07. The monoisotopic (exact) mass is 274 g/mol. The molecule has 1 unspecified atom stereocenters. The van der Waals surface area contributed by atoms with Crippen LogP contribution in [0, 0.1) is 12.8 Å². The summed E-state index contributed by atoms with van der Waals surface area (Å²) in [5.74, 6) is 0.677. The molecule has 0 bridgehead atoms. The lowest BCUT2D eigenvalue weighted by molar-refractivity contribution is 0.0948. The number of halogens is 1. The van der Waals surface area contributed by atoms with E-state index in [0.29, 0.717) is 5.92 Å². The molecule has 1 aromatic rings. The normalized spacial score (nSPS) is 19.5. The van der Waals surface area contributed by atoms with Crippen LogP contribution in [0.5, 0.6) is 0 Å². The van der Waals surface area contributed by atoms with Crippen molar-refractivity contribution in [1.82, 2.24) is 10.6 Å². The van der Waals surface area contributed by atoms with E-state index in [1.54, 1.807) is 0 Å².